The molecule has 0 spiro atoms. The summed E-state index contributed by atoms with van der Waals surface area (Å²) in [7, 11) is 0. The standard InChI is InChI=1S/C10H11Br/c1-8-4-3-5-10(11)7-9(2)6-8/h3-7H,1-2H3. The summed E-state index contributed by atoms with van der Waals surface area (Å²) in [5.41, 5.74) is 2.56. The van der Waals surface area contributed by atoms with Crippen LogP contribution in [0.1, 0.15) is 13.8 Å². The van der Waals surface area contributed by atoms with Crippen LogP contribution in [0.3, 0.4) is 0 Å². The lowest BCUT2D eigenvalue weighted by Crippen LogP contribution is -1.76. The summed E-state index contributed by atoms with van der Waals surface area (Å²) >= 11 is 3.44. The van der Waals surface area contributed by atoms with Crippen LogP contribution in [0.25, 0.3) is 0 Å². The van der Waals surface area contributed by atoms with Gasteiger partial charge >= 0.3 is 0 Å². The molecule has 58 valence electrons. The molecule has 1 aliphatic carbocycles. The van der Waals surface area contributed by atoms with Gasteiger partial charge in [-0.2, -0.15) is 0 Å². The average Bonchev–Trinajstić information content (AvgIpc) is 1.83. The molecule has 0 amide bonds. The van der Waals surface area contributed by atoms with Gasteiger partial charge in [0.05, 0.1) is 0 Å². The van der Waals surface area contributed by atoms with Gasteiger partial charge in [0, 0.05) is 4.48 Å². The van der Waals surface area contributed by atoms with E-state index < -0.39 is 0 Å². The van der Waals surface area contributed by atoms with Crippen molar-refractivity contribution < 1.29 is 0 Å². The number of halogens is 1. The Morgan fingerprint density at radius 2 is 1.82 bits per heavy atom. The van der Waals surface area contributed by atoms with Crippen LogP contribution in [-0.2, 0) is 0 Å². The monoisotopic (exact) mass is 210 g/mol. The van der Waals surface area contributed by atoms with Gasteiger partial charge in [0.25, 0.3) is 0 Å². The molecule has 0 aliphatic heterocycles. The van der Waals surface area contributed by atoms with E-state index in [9.17, 15) is 0 Å². The van der Waals surface area contributed by atoms with Crippen LogP contribution in [0.5, 0.6) is 0 Å². The molecule has 0 nitrogen and oxygen atoms in total. The SMILES string of the molecule is CC1=CC(C)=CC(Br)=CC=C1. The largest absolute Gasteiger partial charge is 0.0609 e. The van der Waals surface area contributed by atoms with Gasteiger partial charge in [-0.25, -0.2) is 0 Å². The van der Waals surface area contributed by atoms with E-state index in [-0.39, 0.29) is 0 Å². The van der Waals surface area contributed by atoms with Crippen LogP contribution >= 0.6 is 15.9 Å². The van der Waals surface area contributed by atoms with Crippen molar-refractivity contribution in [1.29, 1.82) is 0 Å². The topological polar surface area (TPSA) is 0 Å². The summed E-state index contributed by atoms with van der Waals surface area (Å²) in [6, 6.07) is 0. The molecule has 0 aromatic rings. The lowest BCUT2D eigenvalue weighted by Gasteiger charge is -1.98. The lowest BCUT2D eigenvalue weighted by molar-refractivity contribution is 1.42. The average molecular weight is 211 g/mol. The second-order valence-electron chi connectivity index (χ2n) is 2.69. The number of hydrogen-bond donors (Lipinski definition) is 0. The molecule has 0 saturated carbocycles. The van der Waals surface area contributed by atoms with E-state index in [1.165, 1.54) is 11.1 Å². The summed E-state index contributed by atoms with van der Waals surface area (Å²) in [6.45, 7) is 4.19. The molecular weight excluding hydrogens is 200 g/mol. The molecule has 1 rings (SSSR count). The van der Waals surface area contributed by atoms with Crippen molar-refractivity contribution in [3.8, 4) is 0 Å². The zero-order valence-electron chi connectivity index (χ0n) is 6.76. The van der Waals surface area contributed by atoms with Crippen molar-refractivity contribution in [3.63, 3.8) is 0 Å². The van der Waals surface area contributed by atoms with Crippen molar-refractivity contribution in [3.05, 3.63) is 46.0 Å². The number of hydrogen-bond acceptors (Lipinski definition) is 0. The second kappa shape index (κ2) is 3.72. The molecule has 11 heavy (non-hydrogen) atoms. The first-order chi connectivity index (χ1) is 5.18. The Morgan fingerprint density at radius 1 is 1.09 bits per heavy atom. The fraction of sp³-hybridized carbons (Fsp3) is 0.200. The van der Waals surface area contributed by atoms with Gasteiger partial charge < -0.3 is 0 Å². The first-order valence-corrected chi connectivity index (χ1v) is 4.38. The minimum atomic E-state index is 1.12. The van der Waals surface area contributed by atoms with Gasteiger partial charge in [0.15, 0.2) is 0 Å². The molecule has 0 aromatic carbocycles. The highest BCUT2D eigenvalue weighted by atomic mass is 79.9. The minimum absolute atomic E-state index is 1.12. The highest BCUT2D eigenvalue weighted by Crippen LogP contribution is 2.15. The van der Waals surface area contributed by atoms with E-state index in [0.717, 1.165) is 4.48 Å². The molecule has 0 heterocycles. The quantitative estimate of drug-likeness (QED) is 0.572. The van der Waals surface area contributed by atoms with Crippen LogP contribution < -0.4 is 0 Å². The molecule has 0 radical (unpaired) electrons. The fourth-order valence-corrected chi connectivity index (χ4v) is 1.52. The van der Waals surface area contributed by atoms with Crippen molar-refractivity contribution >= 4 is 15.9 Å². The Morgan fingerprint density at radius 3 is 2.55 bits per heavy atom. The first-order valence-electron chi connectivity index (χ1n) is 3.59. The third-order valence-electron chi connectivity index (χ3n) is 1.44. The van der Waals surface area contributed by atoms with Gasteiger partial charge in [-0.15, -0.1) is 0 Å². The van der Waals surface area contributed by atoms with Crippen LogP contribution in [0.4, 0.5) is 0 Å². The maximum atomic E-state index is 3.44. The molecule has 1 heteroatoms. The predicted molar refractivity (Wildman–Crippen MR) is 53.7 cm³/mol. The van der Waals surface area contributed by atoms with Gasteiger partial charge in [-0.05, 0) is 31.6 Å². The lowest BCUT2D eigenvalue weighted by atomic mass is 10.1. The Kier molecular flexibility index (Phi) is 2.89. The van der Waals surface area contributed by atoms with Crippen LogP contribution in [0.15, 0.2) is 46.0 Å². The zero-order valence-corrected chi connectivity index (χ0v) is 8.35. The van der Waals surface area contributed by atoms with E-state index in [4.69, 9.17) is 0 Å². The first kappa shape index (κ1) is 8.54. The minimum Gasteiger partial charge on any atom is -0.0609 e. The zero-order chi connectivity index (χ0) is 8.27. The van der Waals surface area contributed by atoms with Crippen LogP contribution in [0, 0.1) is 0 Å². The van der Waals surface area contributed by atoms with Gasteiger partial charge in [0.2, 0.25) is 0 Å². The highest BCUT2D eigenvalue weighted by Gasteiger charge is 1.90. The van der Waals surface area contributed by atoms with E-state index in [1.807, 2.05) is 12.2 Å². The van der Waals surface area contributed by atoms with Crippen molar-refractivity contribution in [2.75, 3.05) is 0 Å². The second-order valence-corrected chi connectivity index (χ2v) is 3.60. The van der Waals surface area contributed by atoms with E-state index in [2.05, 4.69) is 48.0 Å². The van der Waals surface area contributed by atoms with Gasteiger partial charge in [0.1, 0.15) is 0 Å². The highest BCUT2D eigenvalue weighted by molar-refractivity contribution is 9.11. The van der Waals surface area contributed by atoms with Crippen LogP contribution in [0.2, 0.25) is 0 Å². The van der Waals surface area contributed by atoms with Gasteiger partial charge in [-0.1, -0.05) is 39.7 Å². The smallest absolute Gasteiger partial charge is 0.0177 e. The Labute approximate surface area is 76.1 Å². The summed E-state index contributed by atoms with van der Waals surface area (Å²) in [5, 5.41) is 0. The maximum Gasteiger partial charge on any atom is 0.0177 e. The molecule has 0 N–H and O–H groups in total. The molecule has 0 fully saturated rings. The Bertz CT molecular complexity index is 265. The number of allylic oxidation sites excluding steroid dienone is 8. The summed E-state index contributed by atoms with van der Waals surface area (Å²) < 4.78 is 1.12. The Hall–Kier alpha value is -0.560. The van der Waals surface area contributed by atoms with Crippen molar-refractivity contribution in [2.45, 2.75) is 13.8 Å². The summed E-state index contributed by atoms with van der Waals surface area (Å²) in [4.78, 5) is 0. The Balaban J connectivity index is 2.98. The van der Waals surface area contributed by atoms with E-state index >= 15 is 0 Å². The van der Waals surface area contributed by atoms with Gasteiger partial charge in [-0.3, -0.25) is 0 Å². The normalized spacial score (nSPS) is 17.9. The molecule has 1 aliphatic rings. The third-order valence-corrected chi connectivity index (χ3v) is 1.93. The third kappa shape index (κ3) is 2.89. The maximum absolute atomic E-state index is 3.44. The van der Waals surface area contributed by atoms with E-state index in [1.54, 1.807) is 0 Å². The molecule has 0 atom stereocenters. The summed E-state index contributed by atoms with van der Waals surface area (Å²) in [6.07, 6.45) is 10.4. The number of rotatable bonds is 0. The fourth-order valence-electron chi connectivity index (χ4n) is 1.01. The van der Waals surface area contributed by atoms with Crippen molar-refractivity contribution in [2.24, 2.45) is 0 Å². The molecule has 0 bridgehead atoms. The molecule has 0 unspecified atom stereocenters. The van der Waals surface area contributed by atoms with E-state index in [0.29, 0.717) is 0 Å². The van der Waals surface area contributed by atoms with Crippen LogP contribution in [-0.4, -0.2) is 0 Å². The van der Waals surface area contributed by atoms with Crippen molar-refractivity contribution in [1.82, 2.24) is 0 Å². The molecular formula is C10H11Br. The molecule has 0 saturated heterocycles. The molecule has 0 aromatic heterocycles. The summed E-state index contributed by atoms with van der Waals surface area (Å²) in [5.74, 6) is 0. The predicted octanol–water partition coefficient (Wildman–Crippen LogP) is 3.73.